The van der Waals surface area contributed by atoms with Crippen LogP contribution >= 0.6 is 0 Å². The van der Waals surface area contributed by atoms with E-state index in [1.165, 1.54) is 18.2 Å². The summed E-state index contributed by atoms with van der Waals surface area (Å²) < 4.78 is 13.4. The number of carbonyl (C=O) groups is 1. The van der Waals surface area contributed by atoms with Crippen LogP contribution in [0.2, 0.25) is 0 Å². The highest BCUT2D eigenvalue weighted by Crippen LogP contribution is 2.16. The number of amides is 1. The van der Waals surface area contributed by atoms with Crippen molar-refractivity contribution in [1.29, 1.82) is 0 Å². The highest BCUT2D eigenvalue weighted by atomic mass is 19.1. The van der Waals surface area contributed by atoms with Crippen molar-refractivity contribution in [2.75, 3.05) is 5.32 Å². The Kier molecular flexibility index (Phi) is 3.92. The molecule has 0 aromatic heterocycles. The zero-order valence-electron chi connectivity index (χ0n) is 10.4. The van der Waals surface area contributed by atoms with Gasteiger partial charge in [0.2, 0.25) is 0 Å². The van der Waals surface area contributed by atoms with Gasteiger partial charge in [-0.3, -0.25) is 4.79 Å². The average Bonchev–Trinajstić information content (AvgIpc) is 2.39. The predicted octanol–water partition coefficient (Wildman–Crippen LogP) is 3.13. The molecule has 2 aromatic carbocycles. The molecule has 1 atom stereocenters. The van der Waals surface area contributed by atoms with Crippen molar-refractivity contribution in [3.05, 3.63) is 65.5 Å². The summed E-state index contributed by atoms with van der Waals surface area (Å²) in [6.07, 6.45) is -0.559. The average molecular weight is 259 g/mol. The second-order valence-electron chi connectivity index (χ2n) is 4.23. The lowest BCUT2D eigenvalue weighted by Gasteiger charge is -2.08. The minimum atomic E-state index is -0.559. The minimum Gasteiger partial charge on any atom is -0.389 e. The first-order valence-electron chi connectivity index (χ1n) is 5.92. The molecule has 2 N–H and O–H groups in total. The van der Waals surface area contributed by atoms with Gasteiger partial charge in [0.05, 0.1) is 11.7 Å². The number of rotatable bonds is 3. The predicted molar refractivity (Wildman–Crippen MR) is 71.4 cm³/mol. The van der Waals surface area contributed by atoms with E-state index in [0.717, 1.165) is 5.56 Å². The van der Waals surface area contributed by atoms with Crippen LogP contribution in [0.4, 0.5) is 10.1 Å². The fraction of sp³-hybridized carbons (Fsp3) is 0.133. The molecule has 0 aliphatic heterocycles. The molecule has 0 spiro atoms. The summed E-state index contributed by atoms with van der Waals surface area (Å²) in [5, 5.41) is 12.0. The van der Waals surface area contributed by atoms with Gasteiger partial charge < -0.3 is 10.4 Å². The number of nitrogens with one attached hydrogen (secondary N) is 1. The Morgan fingerprint density at radius 3 is 2.37 bits per heavy atom. The summed E-state index contributed by atoms with van der Waals surface area (Å²) in [6.45, 7) is 1.66. The smallest absolute Gasteiger partial charge is 0.258 e. The SMILES string of the molecule is C[C@@H](O)c1ccc(NC(=O)c2ccccc2F)cc1. The van der Waals surface area contributed by atoms with E-state index in [2.05, 4.69) is 5.32 Å². The van der Waals surface area contributed by atoms with E-state index >= 15 is 0 Å². The Bertz CT molecular complexity index is 579. The normalized spacial score (nSPS) is 11.9. The van der Waals surface area contributed by atoms with Crippen LogP contribution in [0.15, 0.2) is 48.5 Å². The summed E-state index contributed by atoms with van der Waals surface area (Å²) in [5.74, 6) is -1.05. The molecule has 0 saturated heterocycles. The van der Waals surface area contributed by atoms with Crippen LogP contribution < -0.4 is 5.32 Å². The highest BCUT2D eigenvalue weighted by Gasteiger charge is 2.10. The molecule has 2 aromatic rings. The van der Waals surface area contributed by atoms with Crippen molar-refractivity contribution in [3.63, 3.8) is 0 Å². The van der Waals surface area contributed by atoms with Crippen molar-refractivity contribution in [2.45, 2.75) is 13.0 Å². The molecule has 0 unspecified atom stereocenters. The fourth-order valence-corrected chi connectivity index (χ4v) is 1.69. The van der Waals surface area contributed by atoms with Crippen LogP contribution in [0, 0.1) is 5.82 Å². The van der Waals surface area contributed by atoms with E-state index in [-0.39, 0.29) is 5.56 Å². The van der Waals surface area contributed by atoms with Gasteiger partial charge in [0, 0.05) is 5.69 Å². The zero-order valence-corrected chi connectivity index (χ0v) is 10.4. The molecular weight excluding hydrogens is 245 g/mol. The van der Waals surface area contributed by atoms with Gasteiger partial charge in [0.25, 0.3) is 5.91 Å². The second-order valence-corrected chi connectivity index (χ2v) is 4.23. The van der Waals surface area contributed by atoms with E-state index in [1.807, 2.05) is 0 Å². The lowest BCUT2D eigenvalue weighted by Crippen LogP contribution is -2.13. The Hall–Kier alpha value is -2.20. The summed E-state index contributed by atoms with van der Waals surface area (Å²) in [4.78, 5) is 11.9. The van der Waals surface area contributed by atoms with E-state index < -0.39 is 17.8 Å². The van der Waals surface area contributed by atoms with Crippen LogP contribution in [0.5, 0.6) is 0 Å². The fourth-order valence-electron chi connectivity index (χ4n) is 1.69. The molecule has 0 saturated carbocycles. The lowest BCUT2D eigenvalue weighted by molar-refractivity contribution is 0.102. The van der Waals surface area contributed by atoms with Gasteiger partial charge in [0.1, 0.15) is 5.82 Å². The molecule has 0 heterocycles. The van der Waals surface area contributed by atoms with Gasteiger partial charge in [-0.25, -0.2) is 4.39 Å². The first-order chi connectivity index (χ1) is 9.08. The quantitative estimate of drug-likeness (QED) is 0.889. The van der Waals surface area contributed by atoms with Gasteiger partial charge in [-0.15, -0.1) is 0 Å². The minimum absolute atomic E-state index is 0.00195. The van der Waals surface area contributed by atoms with Crippen molar-refractivity contribution < 1.29 is 14.3 Å². The van der Waals surface area contributed by atoms with E-state index in [1.54, 1.807) is 37.3 Å². The Labute approximate surface area is 110 Å². The van der Waals surface area contributed by atoms with Crippen LogP contribution in [0.25, 0.3) is 0 Å². The summed E-state index contributed by atoms with van der Waals surface area (Å²) in [6, 6.07) is 12.6. The van der Waals surface area contributed by atoms with Gasteiger partial charge in [-0.2, -0.15) is 0 Å². The Balaban J connectivity index is 2.13. The van der Waals surface area contributed by atoms with Gasteiger partial charge in [-0.1, -0.05) is 24.3 Å². The maximum Gasteiger partial charge on any atom is 0.258 e. The van der Waals surface area contributed by atoms with Gasteiger partial charge >= 0.3 is 0 Å². The number of aliphatic hydroxyl groups excluding tert-OH is 1. The molecule has 98 valence electrons. The number of aliphatic hydroxyl groups is 1. The number of halogens is 1. The number of hydrogen-bond donors (Lipinski definition) is 2. The largest absolute Gasteiger partial charge is 0.389 e. The highest BCUT2D eigenvalue weighted by molar-refractivity contribution is 6.04. The second kappa shape index (κ2) is 5.63. The number of carbonyl (C=O) groups excluding carboxylic acids is 1. The van der Waals surface area contributed by atoms with Crippen molar-refractivity contribution in [2.24, 2.45) is 0 Å². The molecular formula is C15H14FNO2. The Morgan fingerprint density at radius 2 is 1.79 bits per heavy atom. The van der Waals surface area contributed by atoms with Gasteiger partial charge in [0.15, 0.2) is 0 Å². The van der Waals surface area contributed by atoms with Crippen molar-refractivity contribution in [3.8, 4) is 0 Å². The molecule has 0 radical (unpaired) electrons. The third-order valence-electron chi connectivity index (χ3n) is 2.77. The van der Waals surface area contributed by atoms with E-state index in [9.17, 15) is 14.3 Å². The standard InChI is InChI=1S/C15H14FNO2/c1-10(18)11-6-8-12(9-7-11)17-15(19)13-4-2-3-5-14(13)16/h2-10,18H,1H3,(H,17,19)/t10-/m1/s1. The summed E-state index contributed by atoms with van der Waals surface area (Å²) in [7, 11) is 0. The van der Waals surface area contributed by atoms with Gasteiger partial charge in [-0.05, 0) is 36.8 Å². The monoisotopic (exact) mass is 259 g/mol. The third kappa shape index (κ3) is 3.17. The molecule has 0 fully saturated rings. The van der Waals surface area contributed by atoms with Crippen LogP contribution in [-0.4, -0.2) is 11.0 Å². The number of anilines is 1. The third-order valence-corrected chi connectivity index (χ3v) is 2.77. The summed E-state index contributed by atoms with van der Waals surface area (Å²) in [5.41, 5.74) is 1.31. The molecule has 0 bridgehead atoms. The Morgan fingerprint density at radius 1 is 1.16 bits per heavy atom. The zero-order chi connectivity index (χ0) is 13.8. The molecule has 0 aliphatic carbocycles. The molecule has 0 aliphatic rings. The van der Waals surface area contributed by atoms with Crippen LogP contribution in [-0.2, 0) is 0 Å². The van der Waals surface area contributed by atoms with Crippen LogP contribution in [0.1, 0.15) is 28.9 Å². The molecule has 2 rings (SSSR count). The topological polar surface area (TPSA) is 49.3 Å². The number of hydrogen-bond acceptors (Lipinski definition) is 2. The van der Waals surface area contributed by atoms with E-state index in [4.69, 9.17) is 0 Å². The first kappa shape index (κ1) is 13.2. The summed E-state index contributed by atoms with van der Waals surface area (Å²) >= 11 is 0. The molecule has 1 amide bonds. The van der Waals surface area contributed by atoms with Crippen molar-refractivity contribution in [1.82, 2.24) is 0 Å². The maximum absolute atomic E-state index is 13.4. The lowest BCUT2D eigenvalue weighted by atomic mass is 10.1. The maximum atomic E-state index is 13.4. The number of benzene rings is 2. The molecule has 3 nitrogen and oxygen atoms in total. The first-order valence-corrected chi connectivity index (χ1v) is 5.92. The van der Waals surface area contributed by atoms with E-state index in [0.29, 0.717) is 5.69 Å². The van der Waals surface area contributed by atoms with Crippen LogP contribution in [0.3, 0.4) is 0 Å². The molecule has 4 heteroatoms. The van der Waals surface area contributed by atoms with Crippen molar-refractivity contribution >= 4 is 11.6 Å². The molecule has 19 heavy (non-hydrogen) atoms.